The summed E-state index contributed by atoms with van der Waals surface area (Å²) in [7, 11) is 1.86. The normalized spacial score (nSPS) is 24.0. The molecular formula is C15H22N4O2. The van der Waals surface area contributed by atoms with E-state index in [9.17, 15) is 9.59 Å². The monoisotopic (exact) mass is 290 g/mol. The number of aromatic nitrogens is 2. The molecule has 0 aromatic carbocycles. The zero-order valence-corrected chi connectivity index (χ0v) is 12.4. The lowest BCUT2D eigenvalue weighted by atomic mass is 9.94. The van der Waals surface area contributed by atoms with Gasteiger partial charge in [0.15, 0.2) is 0 Å². The Hall–Kier alpha value is -1.69. The Bertz CT molecular complexity index is 534. The summed E-state index contributed by atoms with van der Waals surface area (Å²) < 4.78 is 1.73. The first-order valence-corrected chi connectivity index (χ1v) is 7.73. The molecule has 0 spiro atoms. The average molecular weight is 290 g/mol. The van der Waals surface area contributed by atoms with Gasteiger partial charge in [0, 0.05) is 25.8 Å². The zero-order chi connectivity index (χ0) is 14.8. The van der Waals surface area contributed by atoms with Gasteiger partial charge in [-0.05, 0) is 18.9 Å². The number of hydrogen-bond acceptors (Lipinski definition) is 4. The first kappa shape index (κ1) is 14.3. The summed E-state index contributed by atoms with van der Waals surface area (Å²) >= 11 is 0. The molecule has 2 heterocycles. The second kappa shape index (κ2) is 5.97. The number of amides is 2. The maximum absolute atomic E-state index is 12.5. The van der Waals surface area contributed by atoms with Crippen LogP contribution >= 0.6 is 0 Å². The van der Waals surface area contributed by atoms with Crippen molar-refractivity contribution in [1.29, 1.82) is 0 Å². The van der Waals surface area contributed by atoms with Crippen LogP contribution in [0.1, 0.15) is 44.2 Å². The third-order valence-electron chi connectivity index (χ3n) is 4.42. The molecule has 3 rings (SSSR count). The molecule has 21 heavy (non-hydrogen) atoms. The fourth-order valence-corrected chi connectivity index (χ4v) is 3.32. The van der Waals surface area contributed by atoms with Crippen molar-refractivity contribution in [2.75, 3.05) is 0 Å². The lowest BCUT2D eigenvalue weighted by Gasteiger charge is -2.29. The van der Waals surface area contributed by atoms with E-state index in [1.807, 2.05) is 19.3 Å². The van der Waals surface area contributed by atoms with Crippen LogP contribution in [0.15, 0.2) is 12.3 Å². The van der Waals surface area contributed by atoms with E-state index < -0.39 is 0 Å². The number of nitrogens with one attached hydrogen (secondary N) is 1. The van der Waals surface area contributed by atoms with E-state index in [1.165, 1.54) is 11.3 Å². The number of carbonyl (C=O) groups excluding carboxylic acids is 2. The van der Waals surface area contributed by atoms with Crippen LogP contribution < -0.4 is 5.32 Å². The molecule has 114 valence electrons. The van der Waals surface area contributed by atoms with Gasteiger partial charge in [-0.15, -0.1) is 0 Å². The molecule has 2 amide bonds. The number of carbonyl (C=O) groups is 2. The fourth-order valence-electron chi connectivity index (χ4n) is 3.32. The van der Waals surface area contributed by atoms with Crippen molar-refractivity contribution in [3.8, 4) is 0 Å². The van der Waals surface area contributed by atoms with Crippen LogP contribution in [-0.4, -0.2) is 38.6 Å². The Kier molecular flexibility index (Phi) is 4.05. The van der Waals surface area contributed by atoms with Crippen LogP contribution in [0.5, 0.6) is 0 Å². The fraction of sp³-hybridized carbons (Fsp3) is 0.667. The molecule has 0 bridgehead atoms. The molecule has 1 saturated heterocycles. The van der Waals surface area contributed by atoms with Gasteiger partial charge in [-0.1, -0.05) is 19.3 Å². The first-order chi connectivity index (χ1) is 10.1. The van der Waals surface area contributed by atoms with Gasteiger partial charge in [0.1, 0.15) is 0 Å². The van der Waals surface area contributed by atoms with Crippen LogP contribution in [0.4, 0.5) is 0 Å². The van der Waals surface area contributed by atoms with Gasteiger partial charge in [0.05, 0.1) is 18.2 Å². The van der Waals surface area contributed by atoms with Crippen molar-refractivity contribution < 1.29 is 9.59 Å². The highest BCUT2D eigenvalue weighted by Gasteiger charge is 2.42. The van der Waals surface area contributed by atoms with Crippen molar-refractivity contribution in [2.45, 2.75) is 57.2 Å². The second-order valence-corrected chi connectivity index (χ2v) is 6.01. The van der Waals surface area contributed by atoms with Crippen molar-refractivity contribution in [1.82, 2.24) is 20.0 Å². The smallest absolute Gasteiger partial charge is 0.247 e. The Morgan fingerprint density at radius 1 is 1.29 bits per heavy atom. The van der Waals surface area contributed by atoms with Crippen molar-refractivity contribution >= 4 is 11.8 Å². The highest BCUT2D eigenvalue weighted by Crippen LogP contribution is 2.27. The van der Waals surface area contributed by atoms with E-state index in [0.717, 1.165) is 31.4 Å². The third kappa shape index (κ3) is 3.00. The molecule has 0 radical (unpaired) electrons. The van der Waals surface area contributed by atoms with E-state index in [0.29, 0.717) is 6.54 Å². The molecule has 2 fully saturated rings. The van der Waals surface area contributed by atoms with Crippen LogP contribution in [0.2, 0.25) is 0 Å². The highest BCUT2D eigenvalue weighted by atomic mass is 16.2. The third-order valence-corrected chi connectivity index (χ3v) is 4.42. The van der Waals surface area contributed by atoms with Gasteiger partial charge in [0.2, 0.25) is 11.8 Å². The Morgan fingerprint density at radius 2 is 2.05 bits per heavy atom. The predicted molar refractivity (Wildman–Crippen MR) is 77.2 cm³/mol. The largest absolute Gasteiger partial charge is 0.300 e. The van der Waals surface area contributed by atoms with Gasteiger partial charge in [0.25, 0.3) is 0 Å². The molecule has 2 aliphatic rings. The summed E-state index contributed by atoms with van der Waals surface area (Å²) in [6.45, 7) is 0.517. The number of imide groups is 1. The molecule has 1 aliphatic carbocycles. The summed E-state index contributed by atoms with van der Waals surface area (Å²) in [5.41, 5.74) is 0.883. The lowest BCUT2D eigenvalue weighted by molar-refractivity contribution is -0.142. The molecule has 1 aliphatic heterocycles. The SMILES string of the molecule is Cn1ccc(CNC2CC(=O)N(C3CCCCC3)C2=O)n1. The molecule has 6 nitrogen and oxygen atoms in total. The molecule has 1 atom stereocenters. The minimum atomic E-state index is -0.388. The topological polar surface area (TPSA) is 67.2 Å². The summed E-state index contributed by atoms with van der Waals surface area (Å²) in [6, 6.07) is 1.65. The van der Waals surface area contributed by atoms with E-state index in [2.05, 4.69) is 10.4 Å². The predicted octanol–water partition coefficient (Wildman–Crippen LogP) is 0.970. The molecular weight excluding hydrogens is 268 g/mol. The second-order valence-electron chi connectivity index (χ2n) is 6.01. The summed E-state index contributed by atoms with van der Waals surface area (Å²) in [5, 5.41) is 7.44. The van der Waals surface area contributed by atoms with Crippen molar-refractivity contribution in [3.63, 3.8) is 0 Å². The Balaban J connectivity index is 1.60. The number of aryl methyl sites for hydroxylation is 1. The van der Waals surface area contributed by atoms with Gasteiger partial charge in [-0.3, -0.25) is 24.5 Å². The number of rotatable bonds is 4. The molecule has 1 saturated carbocycles. The van der Waals surface area contributed by atoms with Gasteiger partial charge in [-0.2, -0.15) is 5.10 Å². The average Bonchev–Trinajstić information content (AvgIpc) is 3.01. The standard InChI is InChI=1S/C15H22N4O2/c1-18-8-7-11(17-18)10-16-13-9-14(20)19(15(13)21)12-5-3-2-4-6-12/h7-8,12-13,16H,2-6,9-10H2,1H3. The Labute approximate surface area is 124 Å². The van der Waals surface area contributed by atoms with Crippen molar-refractivity contribution in [3.05, 3.63) is 18.0 Å². The molecule has 1 aromatic rings. The van der Waals surface area contributed by atoms with Crippen molar-refractivity contribution in [2.24, 2.45) is 7.05 Å². The number of likely N-dealkylation sites (tertiary alicyclic amines) is 1. The van der Waals surface area contributed by atoms with Crippen LogP contribution in [0, 0.1) is 0 Å². The Morgan fingerprint density at radius 3 is 2.71 bits per heavy atom. The first-order valence-electron chi connectivity index (χ1n) is 7.73. The van der Waals surface area contributed by atoms with Crippen LogP contribution in [-0.2, 0) is 23.2 Å². The lowest BCUT2D eigenvalue weighted by Crippen LogP contribution is -2.44. The van der Waals surface area contributed by atoms with Gasteiger partial charge in [-0.25, -0.2) is 0 Å². The van der Waals surface area contributed by atoms with E-state index >= 15 is 0 Å². The van der Waals surface area contributed by atoms with Gasteiger partial charge >= 0.3 is 0 Å². The van der Waals surface area contributed by atoms with E-state index in [-0.39, 0.29) is 30.3 Å². The minimum absolute atomic E-state index is 0.0228. The summed E-state index contributed by atoms with van der Waals surface area (Å²) in [6.07, 6.45) is 7.53. The quantitative estimate of drug-likeness (QED) is 0.839. The summed E-state index contributed by atoms with van der Waals surface area (Å²) in [5.74, 6) is -0.0757. The van der Waals surface area contributed by atoms with Crippen LogP contribution in [0.25, 0.3) is 0 Å². The van der Waals surface area contributed by atoms with Gasteiger partial charge < -0.3 is 0 Å². The molecule has 1 N–H and O–H groups in total. The van der Waals surface area contributed by atoms with E-state index in [1.54, 1.807) is 4.68 Å². The summed E-state index contributed by atoms with van der Waals surface area (Å²) in [4.78, 5) is 26.1. The minimum Gasteiger partial charge on any atom is -0.300 e. The van der Waals surface area contributed by atoms with E-state index in [4.69, 9.17) is 0 Å². The maximum Gasteiger partial charge on any atom is 0.247 e. The molecule has 6 heteroatoms. The maximum atomic E-state index is 12.5. The molecule has 1 unspecified atom stereocenters. The zero-order valence-electron chi connectivity index (χ0n) is 12.4. The number of nitrogens with zero attached hydrogens (tertiary/aromatic N) is 3. The number of hydrogen-bond donors (Lipinski definition) is 1. The van der Waals surface area contributed by atoms with Crippen LogP contribution in [0.3, 0.4) is 0 Å². The highest BCUT2D eigenvalue weighted by molar-refractivity contribution is 6.05. The molecule has 1 aromatic heterocycles.